The molecule has 3 aromatic rings. The number of aromatic nitrogens is 3. The SMILES string of the molecule is C[C@@H](OC[C@@]1(c2ccccc2)CC[C@](CC#N)(n2cn[nH]c2=O)CN1)c1cc(C(F)(F)F)cc(C(F)(F)F)c1. The molecule has 1 saturated heterocycles. The molecule has 0 unspecified atom stereocenters. The fraction of sp³-hybridized carbons (Fsp3) is 0.423. The van der Waals surface area contributed by atoms with Gasteiger partial charge >= 0.3 is 18.0 Å². The maximum absolute atomic E-state index is 13.4. The maximum atomic E-state index is 13.4. The molecule has 39 heavy (non-hydrogen) atoms. The Hall–Kier alpha value is -3.63. The zero-order chi connectivity index (χ0) is 28.5. The van der Waals surface area contributed by atoms with E-state index in [2.05, 4.69) is 21.6 Å². The van der Waals surface area contributed by atoms with Crippen LogP contribution < -0.4 is 11.0 Å². The number of ether oxygens (including phenoxy) is 1. The van der Waals surface area contributed by atoms with Gasteiger partial charge in [0.05, 0.1) is 47.4 Å². The molecule has 3 atom stereocenters. The van der Waals surface area contributed by atoms with Crippen molar-refractivity contribution in [1.82, 2.24) is 20.1 Å². The minimum absolute atomic E-state index is 0.00598. The Morgan fingerprint density at radius 2 is 1.72 bits per heavy atom. The van der Waals surface area contributed by atoms with Crippen LogP contribution in [0.3, 0.4) is 0 Å². The maximum Gasteiger partial charge on any atom is 0.416 e. The highest BCUT2D eigenvalue weighted by Gasteiger charge is 2.46. The van der Waals surface area contributed by atoms with E-state index in [0.29, 0.717) is 25.0 Å². The molecule has 13 heteroatoms. The van der Waals surface area contributed by atoms with Gasteiger partial charge in [-0.05, 0) is 49.1 Å². The first kappa shape index (κ1) is 28.4. The fourth-order valence-corrected chi connectivity index (χ4v) is 4.92. The summed E-state index contributed by atoms with van der Waals surface area (Å²) in [5.74, 6) is 0. The molecule has 0 amide bonds. The number of halogens is 6. The minimum atomic E-state index is -4.97. The molecule has 1 aliphatic rings. The van der Waals surface area contributed by atoms with Crippen LogP contribution in [0.1, 0.15) is 54.5 Å². The summed E-state index contributed by atoms with van der Waals surface area (Å²) >= 11 is 0. The number of nitrogens with one attached hydrogen (secondary N) is 2. The summed E-state index contributed by atoms with van der Waals surface area (Å²) in [5, 5.41) is 18.9. The van der Waals surface area contributed by atoms with Gasteiger partial charge in [-0.15, -0.1) is 0 Å². The van der Waals surface area contributed by atoms with Gasteiger partial charge in [0.15, 0.2) is 0 Å². The Labute approximate surface area is 219 Å². The van der Waals surface area contributed by atoms with Crippen molar-refractivity contribution in [1.29, 1.82) is 5.26 Å². The lowest BCUT2D eigenvalue weighted by molar-refractivity contribution is -0.143. The predicted molar refractivity (Wildman–Crippen MR) is 127 cm³/mol. The third kappa shape index (κ3) is 5.86. The second-order valence-electron chi connectivity index (χ2n) is 9.68. The topological polar surface area (TPSA) is 95.7 Å². The lowest BCUT2D eigenvalue weighted by atomic mass is 9.75. The highest BCUT2D eigenvalue weighted by molar-refractivity contribution is 5.35. The van der Waals surface area contributed by atoms with Crippen LogP contribution in [0.5, 0.6) is 0 Å². The molecule has 7 nitrogen and oxygen atoms in total. The van der Waals surface area contributed by atoms with Crippen LogP contribution in [-0.4, -0.2) is 27.9 Å². The number of nitriles is 1. The molecular formula is C26H25F6N5O2. The number of rotatable bonds is 7. The van der Waals surface area contributed by atoms with Crippen molar-refractivity contribution >= 4 is 0 Å². The molecule has 2 heterocycles. The zero-order valence-electron chi connectivity index (χ0n) is 20.7. The van der Waals surface area contributed by atoms with Gasteiger partial charge in [-0.1, -0.05) is 30.3 Å². The number of benzene rings is 2. The molecule has 0 bridgehead atoms. The van der Waals surface area contributed by atoms with Gasteiger partial charge in [-0.2, -0.15) is 36.7 Å². The van der Waals surface area contributed by atoms with E-state index in [-0.39, 0.29) is 31.2 Å². The third-order valence-corrected chi connectivity index (χ3v) is 7.23. The molecule has 208 valence electrons. The van der Waals surface area contributed by atoms with Crippen LogP contribution in [0.25, 0.3) is 0 Å². The second kappa shape index (κ2) is 10.5. The Morgan fingerprint density at radius 3 is 2.21 bits per heavy atom. The van der Waals surface area contributed by atoms with Crippen molar-refractivity contribution in [2.45, 2.75) is 55.7 Å². The van der Waals surface area contributed by atoms with Crippen molar-refractivity contribution in [2.75, 3.05) is 13.2 Å². The van der Waals surface area contributed by atoms with Gasteiger partial charge in [0, 0.05) is 6.54 Å². The normalized spacial score (nSPS) is 22.8. The zero-order valence-corrected chi connectivity index (χ0v) is 20.7. The minimum Gasteiger partial charge on any atom is -0.372 e. The third-order valence-electron chi connectivity index (χ3n) is 7.23. The molecule has 1 fully saturated rings. The number of alkyl halides is 6. The molecule has 0 radical (unpaired) electrons. The molecule has 2 N–H and O–H groups in total. The molecule has 0 aliphatic carbocycles. The van der Waals surface area contributed by atoms with E-state index < -0.39 is 46.4 Å². The lowest BCUT2D eigenvalue weighted by Crippen LogP contribution is -2.60. The number of nitrogens with zero attached hydrogens (tertiary/aromatic N) is 3. The molecule has 1 aliphatic heterocycles. The number of piperidine rings is 1. The van der Waals surface area contributed by atoms with Crippen LogP contribution in [0, 0.1) is 11.3 Å². The van der Waals surface area contributed by atoms with E-state index in [4.69, 9.17) is 4.74 Å². The average Bonchev–Trinajstić information content (AvgIpc) is 3.34. The molecule has 4 rings (SSSR count). The van der Waals surface area contributed by atoms with Crippen LogP contribution >= 0.6 is 0 Å². The number of aromatic amines is 1. The van der Waals surface area contributed by atoms with Crippen molar-refractivity contribution in [3.63, 3.8) is 0 Å². The highest BCUT2D eigenvalue weighted by atomic mass is 19.4. The molecule has 1 aromatic heterocycles. The number of H-pyrrole nitrogens is 1. The van der Waals surface area contributed by atoms with Crippen molar-refractivity contribution in [2.24, 2.45) is 0 Å². The molecule has 0 spiro atoms. The molecule has 0 saturated carbocycles. The van der Waals surface area contributed by atoms with E-state index in [0.717, 1.165) is 5.56 Å². The van der Waals surface area contributed by atoms with Crippen LogP contribution in [0.15, 0.2) is 59.7 Å². The van der Waals surface area contributed by atoms with Crippen molar-refractivity contribution in [3.8, 4) is 6.07 Å². The first-order valence-corrected chi connectivity index (χ1v) is 12.0. The smallest absolute Gasteiger partial charge is 0.372 e. The summed E-state index contributed by atoms with van der Waals surface area (Å²) in [6.45, 7) is 1.45. The van der Waals surface area contributed by atoms with Crippen molar-refractivity contribution in [3.05, 3.63) is 87.6 Å². The van der Waals surface area contributed by atoms with E-state index in [1.54, 1.807) is 18.2 Å². The van der Waals surface area contributed by atoms with Crippen molar-refractivity contribution < 1.29 is 31.1 Å². The monoisotopic (exact) mass is 553 g/mol. The van der Waals surface area contributed by atoms with E-state index in [9.17, 15) is 36.4 Å². The Morgan fingerprint density at radius 1 is 1.08 bits per heavy atom. The van der Waals surface area contributed by atoms with Crippen LogP contribution in [-0.2, 0) is 28.2 Å². The summed E-state index contributed by atoms with van der Waals surface area (Å²) < 4.78 is 87.5. The Kier molecular flexibility index (Phi) is 7.64. The van der Waals surface area contributed by atoms with Gasteiger partial charge in [0.2, 0.25) is 0 Å². The van der Waals surface area contributed by atoms with Gasteiger partial charge in [0.25, 0.3) is 0 Å². The number of hydrogen-bond acceptors (Lipinski definition) is 5. The van der Waals surface area contributed by atoms with Gasteiger partial charge in [0.1, 0.15) is 6.33 Å². The largest absolute Gasteiger partial charge is 0.416 e. The summed E-state index contributed by atoms with van der Waals surface area (Å²) in [7, 11) is 0. The van der Waals surface area contributed by atoms with E-state index in [1.807, 2.05) is 12.1 Å². The quantitative estimate of drug-likeness (QED) is 0.389. The average molecular weight is 554 g/mol. The Bertz CT molecular complexity index is 1350. The predicted octanol–water partition coefficient (Wildman–Crippen LogP) is 5.27. The van der Waals surface area contributed by atoms with E-state index in [1.165, 1.54) is 17.8 Å². The first-order chi connectivity index (χ1) is 18.3. The summed E-state index contributed by atoms with van der Waals surface area (Å²) in [6.07, 6.45) is -9.03. The molecule has 2 aromatic carbocycles. The summed E-state index contributed by atoms with van der Waals surface area (Å²) in [6, 6.07) is 12.6. The van der Waals surface area contributed by atoms with E-state index >= 15 is 0 Å². The van der Waals surface area contributed by atoms with Crippen LogP contribution in [0.4, 0.5) is 26.3 Å². The summed E-state index contributed by atoms with van der Waals surface area (Å²) in [5.41, 5.74) is -4.59. The summed E-state index contributed by atoms with van der Waals surface area (Å²) in [4.78, 5) is 12.3. The molecular weight excluding hydrogens is 528 g/mol. The Balaban J connectivity index is 1.63. The highest BCUT2D eigenvalue weighted by Crippen LogP contribution is 2.41. The van der Waals surface area contributed by atoms with Gasteiger partial charge in [-0.25, -0.2) is 9.89 Å². The second-order valence-corrected chi connectivity index (χ2v) is 9.68. The van der Waals surface area contributed by atoms with Crippen LogP contribution in [0.2, 0.25) is 0 Å². The lowest BCUT2D eigenvalue weighted by Gasteiger charge is -2.47. The van der Waals surface area contributed by atoms with Gasteiger partial charge in [-0.3, -0.25) is 4.57 Å². The standard InChI is InChI=1S/C26H25F6N5O2/c1-17(18-11-20(25(27,28)29)13-21(12-18)26(30,31)32)39-15-24(19-5-3-2-4-6-19)8-7-23(9-10-33,14-34-24)37-16-35-36-22(37)38/h2-6,11-13,16-17,34H,7-9,14-15H2,1H3,(H,36,38)/t17-,23-,24-/m1/s1. The first-order valence-electron chi connectivity index (χ1n) is 12.0. The number of hydrogen-bond donors (Lipinski definition) is 2. The fourth-order valence-electron chi connectivity index (χ4n) is 4.92. The van der Waals surface area contributed by atoms with Gasteiger partial charge < -0.3 is 10.1 Å².